The first-order chi connectivity index (χ1) is 9.31. The largest absolute Gasteiger partial charge is 0.431 e. The van der Waals surface area contributed by atoms with Crippen molar-refractivity contribution in [2.75, 3.05) is 38.6 Å². The summed E-state index contributed by atoms with van der Waals surface area (Å²) in [6.07, 6.45) is 0. The minimum atomic E-state index is 0.686. The van der Waals surface area contributed by atoms with Crippen LogP contribution in [0.5, 0.6) is 0 Å². The summed E-state index contributed by atoms with van der Waals surface area (Å²) in [4.78, 5) is 6.82. The van der Waals surface area contributed by atoms with E-state index in [1.165, 1.54) is 0 Å². The topological polar surface area (TPSA) is 38.5 Å². The van der Waals surface area contributed by atoms with Gasteiger partial charge in [-0.2, -0.15) is 0 Å². The number of thioether (sulfide) groups is 1. The van der Waals surface area contributed by atoms with E-state index in [4.69, 9.17) is 20.8 Å². The SMILES string of the molecule is Clc1ccc2oc(SCCN3CCOCC3)nc2c1. The van der Waals surface area contributed by atoms with E-state index in [0.717, 1.165) is 49.7 Å². The molecule has 1 aliphatic rings. The van der Waals surface area contributed by atoms with E-state index in [1.54, 1.807) is 11.8 Å². The van der Waals surface area contributed by atoms with Gasteiger partial charge in [0.2, 0.25) is 0 Å². The van der Waals surface area contributed by atoms with Gasteiger partial charge in [-0.05, 0) is 18.2 Å². The van der Waals surface area contributed by atoms with Crippen molar-refractivity contribution < 1.29 is 9.15 Å². The zero-order valence-electron chi connectivity index (χ0n) is 10.5. The summed E-state index contributed by atoms with van der Waals surface area (Å²) in [5.41, 5.74) is 1.61. The van der Waals surface area contributed by atoms with Crippen LogP contribution in [0.4, 0.5) is 0 Å². The molecule has 1 aromatic carbocycles. The Balaban J connectivity index is 1.56. The Hall–Kier alpha value is -0.750. The molecule has 1 aliphatic heterocycles. The third kappa shape index (κ3) is 3.42. The molecule has 0 amide bonds. The summed E-state index contributed by atoms with van der Waals surface area (Å²) in [6, 6.07) is 5.50. The third-order valence-corrected chi connectivity index (χ3v) is 4.11. The molecule has 0 unspecified atom stereocenters. The minimum absolute atomic E-state index is 0.686. The van der Waals surface area contributed by atoms with Crippen molar-refractivity contribution in [1.82, 2.24) is 9.88 Å². The van der Waals surface area contributed by atoms with Crippen LogP contribution >= 0.6 is 23.4 Å². The Kier molecular flexibility index (Phi) is 4.28. The van der Waals surface area contributed by atoms with E-state index < -0.39 is 0 Å². The number of halogens is 1. The van der Waals surface area contributed by atoms with E-state index in [0.29, 0.717) is 10.2 Å². The van der Waals surface area contributed by atoms with Crippen LogP contribution in [0.2, 0.25) is 5.02 Å². The van der Waals surface area contributed by atoms with Crippen molar-refractivity contribution in [3.05, 3.63) is 23.2 Å². The van der Waals surface area contributed by atoms with Crippen LogP contribution in [0, 0.1) is 0 Å². The third-order valence-electron chi connectivity index (χ3n) is 3.07. The predicted molar refractivity (Wildman–Crippen MR) is 77.0 cm³/mol. The molecule has 0 bridgehead atoms. The fourth-order valence-electron chi connectivity index (χ4n) is 2.03. The molecule has 0 atom stereocenters. The van der Waals surface area contributed by atoms with Crippen molar-refractivity contribution in [3.63, 3.8) is 0 Å². The lowest BCUT2D eigenvalue weighted by Gasteiger charge is -2.25. The van der Waals surface area contributed by atoms with Crippen molar-refractivity contribution in [2.24, 2.45) is 0 Å². The van der Waals surface area contributed by atoms with Gasteiger partial charge in [-0.15, -0.1) is 0 Å². The van der Waals surface area contributed by atoms with Crippen molar-refractivity contribution in [1.29, 1.82) is 0 Å². The number of morpholine rings is 1. The molecule has 4 nitrogen and oxygen atoms in total. The average Bonchev–Trinajstić information content (AvgIpc) is 2.82. The monoisotopic (exact) mass is 298 g/mol. The molecule has 0 N–H and O–H groups in total. The van der Waals surface area contributed by atoms with Gasteiger partial charge in [-0.1, -0.05) is 23.4 Å². The van der Waals surface area contributed by atoms with E-state index in [2.05, 4.69) is 9.88 Å². The van der Waals surface area contributed by atoms with Gasteiger partial charge < -0.3 is 9.15 Å². The molecule has 2 heterocycles. The molecule has 1 saturated heterocycles. The lowest BCUT2D eigenvalue weighted by molar-refractivity contribution is 0.0410. The molecular formula is C13H15ClN2O2S. The van der Waals surface area contributed by atoms with Crippen LogP contribution < -0.4 is 0 Å². The molecule has 102 valence electrons. The highest BCUT2D eigenvalue weighted by molar-refractivity contribution is 7.99. The van der Waals surface area contributed by atoms with Crippen LogP contribution in [0.25, 0.3) is 11.1 Å². The molecule has 0 radical (unpaired) electrons. The molecule has 0 saturated carbocycles. The predicted octanol–water partition coefficient (Wildman–Crippen LogP) is 2.91. The second-order valence-electron chi connectivity index (χ2n) is 4.39. The number of rotatable bonds is 4. The second kappa shape index (κ2) is 6.13. The lowest BCUT2D eigenvalue weighted by Crippen LogP contribution is -2.37. The number of oxazole rings is 1. The van der Waals surface area contributed by atoms with Crippen LogP contribution in [-0.4, -0.2) is 48.5 Å². The van der Waals surface area contributed by atoms with Crippen LogP contribution in [-0.2, 0) is 4.74 Å². The Morgan fingerprint density at radius 3 is 3.00 bits per heavy atom. The van der Waals surface area contributed by atoms with E-state index in [-0.39, 0.29) is 0 Å². The minimum Gasteiger partial charge on any atom is -0.431 e. The van der Waals surface area contributed by atoms with E-state index in [1.807, 2.05) is 18.2 Å². The Labute approximate surface area is 121 Å². The Morgan fingerprint density at radius 1 is 1.32 bits per heavy atom. The van der Waals surface area contributed by atoms with Gasteiger partial charge in [-0.25, -0.2) is 4.98 Å². The number of hydrogen-bond donors (Lipinski definition) is 0. The molecule has 1 fully saturated rings. The van der Waals surface area contributed by atoms with Gasteiger partial charge in [0.15, 0.2) is 5.58 Å². The first-order valence-electron chi connectivity index (χ1n) is 6.30. The summed E-state index contributed by atoms with van der Waals surface area (Å²) < 4.78 is 11.0. The van der Waals surface area contributed by atoms with Crippen LogP contribution in [0.1, 0.15) is 0 Å². The molecule has 0 spiro atoms. The van der Waals surface area contributed by atoms with Gasteiger partial charge in [0.05, 0.1) is 13.2 Å². The maximum absolute atomic E-state index is 5.93. The molecule has 2 aromatic rings. The molecule has 3 rings (SSSR count). The zero-order valence-corrected chi connectivity index (χ0v) is 12.0. The molecule has 0 aliphatic carbocycles. The number of fused-ring (bicyclic) bond motifs is 1. The quantitative estimate of drug-likeness (QED) is 0.812. The van der Waals surface area contributed by atoms with E-state index in [9.17, 15) is 0 Å². The van der Waals surface area contributed by atoms with Gasteiger partial charge >= 0.3 is 0 Å². The summed E-state index contributed by atoms with van der Waals surface area (Å²) >= 11 is 7.57. The maximum Gasteiger partial charge on any atom is 0.256 e. The van der Waals surface area contributed by atoms with Crippen molar-refractivity contribution in [2.45, 2.75) is 5.22 Å². The first-order valence-corrected chi connectivity index (χ1v) is 7.66. The van der Waals surface area contributed by atoms with Crippen LogP contribution in [0.3, 0.4) is 0 Å². The molecule has 1 aromatic heterocycles. The highest BCUT2D eigenvalue weighted by Gasteiger charge is 2.11. The van der Waals surface area contributed by atoms with Gasteiger partial charge in [0.25, 0.3) is 5.22 Å². The summed E-state index contributed by atoms with van der Waals surface area (Å²) in [5.74, 6) is 0.973. The zero-order chi connectivity index (χ0) is 13.1. The number of nitrogens with zero attached hydrogens (tertiary/aromatic N) is 2. The van der Waals surface area contributed by atoms with E-state index >= 15 is 0 Å². The normalized spacial score (nSPS) is 17.1. The number of hydrogen-bond acceptors (Lipinski definition) is 5. The highest BCUT2D eigenvalue weighted by atomic mass is 35.5. The van der Waals surface area contributed by atoms with Gasteiger partial charge in [-0.3, -0.25) is 4.90 Å². The van der Waals surface area contributed by atoms with Crippen LogP contribution in [0.15, 0.2) is 27.8 Å². The first kappa shape index (κ1) is 13.2. The summed E-state index contributed by atoms with van der Waals surface area (Å²) in [7, 11) is 0. The van der Waals surface area contributed by atoms with Gasteiger partial charge in [0.1, 0.15) is 5.52 Å². The van der Waals surface area contributed by atoms with Crippen molar-refractivity contribution >= 4 is 34.5 Å². The van der Waals surface area contributed by atoms with Crippen molar-refractivity contribution in [3.8, 4) is 0 Å². The highest BCUT2D eigenvalue weighted by Crippen LogP contribution is 2.25. The number of ether oxygens (including phenoxy) is 1. The summed E-state index contributed by atoms with van der Waals surface area (Å²) in [6.45, 7) is 4.75. The molecule has 19 heavy (non-hydrogen) atoms. The maximum atomic E-state index is 5.93. The smallest absolute Gasteiger partial charge is 0.256 e. The number of benzene rings is 1. The standard InChI is InChI=1S/C13H15ClN2O2S/c14-10-1-2-12-11(9-10)15-13(18-12)19-8-5-16-3-6-17-7-4-16/h1-2,9H,3-8H2. The van der Waals surface area contributed by atoms with Gasteiger partial charge in [0, 0.05) is 30.4 Å². The molecule has 6 heteroatoms. The fraction of sp³-hybridized carbons (Fsp3) is 0.462. The second-order valence-corrected chi connectivity index (χ2v) is 5.88. The lowest BCUT2D eigenvalue weighted by atomic mass is 10.3. The Morgan fingerprint density at radius 2 is 2.16 bits per heavy atom. The Bertz CT molecular complexity index is 555. The average molecular weight is 299 g/mol. The number of aromatic nitrogens is 1. The fourth-order valence-corrected chi connectivity index (χ4v) is 3.03. The molecular weight excluding hydrogens is 284 g/mol. The summed E-state index contributed by atoms with van der Waals surface area (Å²) in [5, 5.41) is 1.40.